The summed E-state index contributed by atoms with van der Waals surface area (Å²) in [5.41, 5.74) is 0.578. The van der Waals surface area contributed by atoms with E-state index in [-0.39, 0.29) is 11.3 Å². The molecule has 1 aliphatic heterocycles. The van der Waals surface area contributed by atoms with E-state index >= 15 is 0 Å². The summed E-state index contributed by atoms with van der Waals surface area (Å²) in [5, 5.41) is 10.7. The van der Waals surface area contributed by atoms with Crippen molar-refractivity contribution in [3.8, 4) is 0 Å². The summed E-state index contributed by atoms with van der Waals surface area (Å²) in [5.74, 6) is -0.284. The highest BCUT2D eigenvalue weighted by atomic mass is 16.3. The minimum atomic E-state index is -0.696. The first-order chi connectivity index (χ1) is 11.5. The van der Waals surface area contributed by atoms with E-state index in [1.807, 2.05) is 13.0 Å². The summed E-state index contributed by atoms with van der Waals surface area (Å²) in [6.07, 6.45) is 0.703. The molecule has 0 radical (unpaired) electrons. The highest BCUT2D eigenvalue weighted by Gasteiger charge is 2.47. The van der Waals surface area contributed by atoms with Gasteiger partial charge in [-0.25, -0.2) is 0 Å². The number of rotatable bonds is 4. The molecular weight excluding hydrogens is 306 g/mol. The number of nitrogens with zero attached hydrogens (tertiary/aromatic N) is 1. The monoisotopic (exact) mass is 325 g/mol. The lowest BCUT2D eigenvalue weighted by Crippen LogP contribution is -2.30. The molecule has 24 heavy (non-hydrogen) atoms. The van der Waals surface area contributed by atoms with Gasteiger partial charge in [0.1, 0.15) is 23.3 Å². The van der Waals surface area contributed by atoms with Crippen LogP contribution in [0.15, 0.2) is 52.5 Å². The second-order valence-corrected chi connectivity index (χ2v) is 5.81. The Bertz CT molecular complexity index is 804. The van der Waals surface area contributed by atoms with Gasteiger partial charge in [0.25, 0.3) is 11.7 Å². The number of carbonyl (C=O) groups is 2. The maximum Gasteiger partial charge on any atom is 0.295 e. The number of Topliss-reactive ketones (excluding diaryl/α,β-unsaturated/α-hetero) is 1. The van der Waals surface area contributed by atoms with E-state index in [0.29, 0.717) is 30.0 Å². The van der Waals surface area contributed by atoms with Crippen LogP contribution in [-0.2, 0) is 9.59 Å². The highest BCUT2D eigenvalue weighted by Crippen LogP contribution is 2.39. The molecule has 0 saturated carbocycles. The predicted octanol–water partition coefficient (Wildman–Crippen LogP) is 3.42. The Kier molecular flexibility index (Phi) is 4.25. The van der Waals surface area contributed by atoms with Gasteiger partial charge in [0.05, 0.1) is 5.57 Å². The second kappa shape index (κ2) is 6.35. The van der Waals surface area contributed by atoms with E-state index in [9.17, 15) is 14.7 Å². The first-order valence-corrected chi connectivity index (χ1v) is 7.94. The summed E-state index contributed by atoms with van der Waals surface area (Å²) in [6.45, 7) is 4.15. The van der Waals surface area contributed by atoms with Crippen LogP contribution in [0.4, 0.5) is 0 Å². The Morgan fingerprint density at radius 2 is 1.88 bits per heavy atom. The fourth-order valence-corrected chi connectivity index (χ4v) is 3.00. The van der Waals surface area contributed by atoms with Crippen molar-refractivity contribution in [2.75, 3.05) is 6.54 Å². The largest absolute Gasteiger partial charge is 0.507 e. The Hall–Kier alpha value is -2.82. The minimum Gasteiger partial charge on any atom is -0.507 e. The molecular formula is C19H19NO4. The Morgan fingerprint density at radius 1 is 1.17 bits per heavy atom. The van der Waals surface area contributed by atoms with E-state index in [1.165, 1.54) is 4.90 Å². The zero-order valence-electron chi connectivity index (χ0n) is 13.7. The summed E-state index contributed by atoms with van der Waals surface area (Å²) in [7, 11) is 0. The first-order valence-electron chi connectivity index (χ1n) is 7.94. The molecule has 1 aromatic heterocycles. The zero-order valence-corrected chi connectivity index (χ0v) is 13.7. The summed E-state index contributed by atoms with van der Waals surface area (Å²) in [4.78, 5) is 26.4. The van der Waals surface area contributed by atoms with Crippen LogP contribution in [-0.4, -0.2) is 28.2 Å². The SMILES string of the molecule is CCCN1C(=O)C(=O)/C(=C(\O)c2ccccc2)C1c1ccc(C)o1. The molecule has 1 amide bonds. The van der Waals surface area contributed by atoms with Crippen LogP contribution in [0, 0.1) is 6.92 Å². The average Bonchev–Trinajstić information content (AvgIpc) is 3.12. The van der Waals surface area contributed by atoms with Crippen LogP contribution in [0.2, 0.25) is 0 Å². The molecule has 5 heteroatoms. The third-order valence-electron chi connectivity index (χ3n) is 4.08. The van der Waals surface area contributed by atoms with Gasteiger partial charge >= 0.3 is 0 Å². The van der Waals surface area contributed by atoms with E-state index in [2.05, 4.69) is 0 Å². The lowest BCUT2D eigenvalue weighted by Gasteiger charge is -2.22. The topological polar surface area (TPSA) is 70.8 Å². The molecule has 0 aliphatic carbocycles. The quantitative estimate of drug-likeness (QED) is 0.531. The van der Waals surface area contributed by atoms with Gasteiger partial charge < -0.3 is 14.4 Å². The minimum absolute atomic E-state index is 0.0778. The van der Waals surface area contributed by atoms with Gasteiger partial charge in [-0.3, -0.25) is 9.59 Å². The van der Waals surface area contributed by atoms with Crippen LogP contribution in [0.25, 0.3) is 5.76 Å². The average molecular weight is 325 g/mol. The van der Waals surface area contributed by atoms with Gasteiger partial charge in [-0.15, -0.1) is 0 Å². The number of aliphatic hydroxyl groups excluding tert-OH is 1. The number of ketones is 1. The molecule has 5 nitrogen and oxygen atoms in total. The summed E-state index contributed by atoms with van der Waals surface area (Å²) in [6, 6.07) is 11.6. The number of hydrogen-bond donors (Lipinski definition) is 1. The molecule has 1 atom stereocenters. The Balaban J connectivity index is 2.17. The van der Waals surface area contributed by atoms with Crippen LogP contribution in [0.1, 0.15) is 36.5 Å². The molecule has 0 spiro atoms. The first kappa shape index (κ1) is 16.1. The number of likely N-dealkylation sites (tertiary alicyclic amines) is 1. The van der Waals surface area contributed by atoms with Crippen LogP contribution >= 0.6 is 0 Å². The molecule has 1 saturated heterocycles. The molecule has 3 rings (SSSR count). The van der Waals surface area contributed by atoms with E-state index < -0.39 is 17.7 Å². The molecule has 1 fully saturated rings. The third kappa shape index (κ3) is 2.62. The predicted molar refractivity (Wildman–Crippen MR) is 89.2 cm³/mol. The van der Waals surface area contributed by atoms with E-state index in [1.54, 1.807) is 43.3 Å². The van der Waals surface area contributed by atoms with Crippen molar-refractivity contribution >= 4 is 17.4 Å². The number of furan rings is 1. The Morgan fingerprint density at radius 3 is 2.46 bits per heavy atom. The number of hydrogen-bond acceptors (Lipinski definition) is 4. The fourth-order valence-electron chi connectivity index (χ4n) is 3.00. The van der Waals surface area contributed by atoms with Gasteiger partial charge in [-0.1, -0.05) is 37.3 Å². The van der Waals surface area contributed by atoms with E-state index in [4.69, 9.17) is 4.42 Å². The van der Waals surface area contributed by atoms with Crippen molar-refractivity contribution in [1.82, 2.24) is 4.90 Å². The number of aliphatic hydroxyl groups is 1. The van der Waals surface area contributed by atoms with E-state index in [0.717, 1.165) is 0 Å². The molecule has 2 aromatic rings. The Labute approximate surface area is 140 Å². The normalized spacial score (nSPS) is 19.9. The fraction of sp³-hybridized carbons (Fsp3) is 0.263. The van der Waals surface area contributed by atoms with Crippen molar-refractivity contribution in [3.63, 3.8) is 0 Å². The number of aryl methyl sites for hydroxylation is 1. The van der Waals surface area contributed by atoms with Gasteiger partial charge in [0, 0.05) is 12.1 Å². The van der Waals surface area contributed by atoms with Gasteiger partial charge in [-0.2, -0.15) is 0 Å². The maximum absolute atomic E-state index is 12.5. The van der Waals surface area contributed by atoms with Crippen LogP contribution < -0.4 is 0 Å². The summed E-state index contributed by atoms with van der Waals surface area (Å²) >= 11 is 0. The second-order valence-electron chi connectivity index (χ2n) is 5.81. The summed E-state index contributed by atoms with van der Waals surface area (Å²) < 4.78 is 5.67. The van der Waals surface area contributed by atoms with Gasteiger partial charge in [-0.05, 0) is 25.5 Å². The molecule has 1 aliphatic rings. The molecule has 1 aromatic carbocycles. The highest BCUT2D eigenvalue weighted by molar-refractivity contribution is 6.46. The van der Waals surface area contributed by atoms with Crippen molar-refractivity contribution in [1.29, 1.82) is 0 Å². The standard InChI is InChI=1S/C19H19NO4/c1-3-11-20-16(14-10-9-12(2)24-14)15(18(22)19(20)23)17(21)13-7-5-4-6-8-13/h4-10,16,21H,3,11H2,1-2H3/b17-15-. The molecule has 2 heterocycles. The zero-order chi connectivity index (χ0) is 17.3. The lowest BCUT2D eigenvalue weighted by molar-refractivity contribution is -0.140. The number of benzene rings is 1. The van der Waals surface area contributed by atoms with Gasteiger partial charge in [0.15, 0.2) is 0 Å². The molecule has 1 N–H and O–H groups in total. The lowest BCUT2D eigenvalue weighted by atomic mass is 9.99. The van der Waals surface area contributed by atoms with Crippen LogP contribution in [0.5, 0.6) is 0 Å². The van der Waals surface area contributed by atoms with Crippen molar-refractivity contribution in [2.24, 2.45) is 0 Å². The molecule has 1 unspecified atom stereocenters. The van der Waals surface area contributed by atoms with Crippen molar-refractivity contribution in [2.45, 2.75) is 26.3 Å². The molecule has 0 bridgehead atoms. The van der Waals surface area contributed by atoms with Crippen molar-refractivity contribution in [3.05, 3.63) is 65.1 Å². The smallest absolute Gasteiger partial charge is 0.295 e. The van der Waals surface area contributed by atoms with Crippen molar-refractivity contribution < 1.29 is 19.1 Å². The maximum atomic E-state index is 12.5. The van der Waals surface area contributed by atoms with Gasteiger partial charge in [0.2, 0.25) is 0 Å². The van der Waals surface area contributed by atoms with Crippen LogP contribution in [0.3, 0.4) is 0 Å². The molecule has 124 valence electrons. The number of amides is 1. The number of carbonyl (C=O) groups excluding carboxylic acids is 2. The third-order valence-corrected chi connectivity index (χ3v) is 4.08.